The average molecular weight is 390 g/mol. The van der Waals surface area contributed by atoms with Crippen LogP contribution in [0.4, 0.5) is 0 Å². The molecule has 2 aromatic carbocycles. The molecule has 0 aromatic heterocycles. The minimum atomic E-state index is -0.0545. The summed E-state index contributed by atoms with van der Waals surface area (Å²) >= 11 is 3.43. The Kier molecular flexibility index (Phi) is 4.81. The zero-order chi connectivity index (χ0) is 17.3. The molecule has 0 spiro atoms. The molecule has 0 bridgehead atoms. The predicted molar refractivity (Wildman–Crippen MR) is 96.8 cm³/mol. The number of hydrogen-bond donors (Lipinski definition) is 0. The van der Waals surface area contributed by atoms with Crippen molar-refractivity contribution in [2.24, 2.45) is 0 Å². The Morgan fingerprint density at radius 1 is 1.21 bits per heavy atom. The van der Waals surface area contributed by atoms with Crippen molar-refractivity contribution in [2.75, 3.05) is 20.8 Å². The maximum absolute atomic E-state index is 12.9. The minimum absolute atomic E-state index is 0.0346. The highest BCUT2D eigenvalue weighted by Gasteiger charge is 2.31. The van der Waals surface area contributed by atoms with Crippen molar-refractivity contribution in [3.05, 3.63) is 57.6 Å². The molecule has 24 heavy (non-hydrogen) atoms. The maximum atomic E-state index is 12.9. The smallest absolute Gasteiger partial charge is 0.254 e. The first-order valence-electron chi connectivity index (χ1n) is 7.86. The Labute approximate surface area is 150 Å². The first-order valence-corrected chi connectivity index (χ1v) is 8.65. The van der Waals surface area contributed by atoms with Gasteiger partial charge in [-0.3, -0.25) is 4.79 Å². The van der Waals surface area contributed by atoms with Gasteiger partial charge in [0.2, 0.25) is 0 Å². The monoisotopic (exact) mass is 389 g/mol. The highest BCUT2D eigenvalue weighted by atomic mass is 79.9. The van der Waals surface area contributed by atoms with Gasteiger partial charge in [0, 0.05) is 28.2 Å². The van der Waals surface area contributed by atoms with E-state index in [9.17, 15) is 4.79 Å². The summed E-state index contributed by atoms with van der Waals surface area (Å²) < 4.78 is 11.8. The maximum Gasteiger partial charge on any atom is 0.254 e. The van der Waals surface area contributed by atoms with E-state index >= 15 is 0 Å². The molecule has 0 saturated carbocycles. The van der Waals surface area contributed by atoms with Gasteiger partial charge in [0.25, 0.3) is 5.91 Å². The SMILES string of the molecule is COc1cc2c(c(OC)c1)C(C)N(C(=O)c1cccc(Br)c1)CC2. The lowest BCUT2D eigenvalue weighted by Crippen LogP contribution is -2.39. The topological polar surface area (TPSA) is 38.8 Å². The number of amides is 1. The summed E-state index contributed by atoms with van der Waals surface area (Å²) in [5, 5.41) is 0. The first kappa shape index (κ1) is 16.8. The largest absolute Gasteiger partial charge is 0.497 e. The van der Waals surface area contributed by atoms with E-state index < -0.39 is 0 Å². The van der Waals surface area contributed by atoms with Crippen molar-refractivity contribution in [3.63, 3.8) is 0 Å². The minimum Gasteiger partial charge on any atom is -0.497 e. The number of carbonyl (C=O) groups excluding carboxylic acids is 1. The second-order valence-corrected chi connectivity index (χ2v) is 6.75. The molecule has 1 amide bonds. The van der Waals surface area contributed by atoms with Crippen LogP contribution in [0.15, 0.2) is 40.9 Å². The molecular weight excluding hydrogens is 370 g/mol. The zero-order valence-corrected chi connectivity index (χ0v) is 15.6. The Morgan fingerprint density at radius 2 is 2.00 bits per heavy atom. The molecule has 3 rings (SSSR count). The third kappa shape index (κ3) is 3.00. The molecule has 2 aromatic rings. The van der Waals surface area contributed by atoms with Crippen LogP contribution < -0.4 is 9.47 Å². The normalized spacial score (nSPS) is 16.5. The fourth-order valence-electron chi connectivity index (χ4n) is 3.28. The van der Waals surface area contributed by atoms with Crippen LogP contribution >= 0.6 is 15.9 Å². The van der Waals surface area contributed by atoms with Crippen LogP contribution in [0.2, 0.25) is 0 Å². The summed E-state index contributed by atoms with van der Waals surface area (Å²) in [4.78, 5) is 14.8. The zero-order valence-electron chi connectivity index (χ0n) is 14.0. The fraction of sp³-hybridized carbons (Fsp3) is 0.316. The van der Waals surface area contributed by atoms with Gasteiger partial charge in [-0.15, -0.1) is 0 Å². The lowest BCUT2D eigenvalue weighted by Gasteiger charge is -2.36. The van der Waals surface area contributed by atoms with E-state index in [-0.39, 0.29) is 11.9 Å². The van der Waals surface area contributed by atoms with E-state index in [1.807, 2.05) is 48.2 Å². The quantitative estimate of drug-likeness (QED) is 0.788. The summed E-state index contributed by atoms with van der Waals surface area (Å²) in [7, 11) is 3.30. The van der Waals surface area contributed by atoms with E-state index in [1.54, 1.807) is 14.2 Å². The van der Waals surface area contributed by atoms with Crippen molar-refractivity contribution < 1.29 is 14.3 Å². The molecule has 0 fully saturated rings. The standard InChI is InChI=1S/C19H20BrNO3/c1-12-18-13(10-16(23-2)11-17(18)24-3)7-8-21(12)19(22)14-5-4-6-15(20)9-14/h4-6,9-12H,7-8H2,1-3H3. The highest BCUT2D eigenvalue weighted by molar-refractivity contribution is 9.10. The molecule has 5 heteroatoms. The summed E-state index contributed by atoms with van der Waals surface area (Å²) in [5.41, 5.74) is 2.93. The second-order valence-electron chi connectivity index (χ2n) is 5.84. The van der Waals surface area contributed by atoms with Crippen molar-refractivity contribution in [1.29, 1.82) is 0 Å². The number of carbonyl (C=O) groups is 1. The van der Waals surface area contributed by atoms with Gasteiger partial charge in [-0.25, -0.2) is 0 Å². The van der Waals surface area contributed by atoms with Gasteiger partial charge in [0.15, 0.2) is 0 Å². The van der Waals surface area contributed by atoms with Gasteiger partial charge in [-0.05, 0) is 43.2 Å². The van der Waals surface area contributed by atoms with Gasteiger partial charge in [0.1, 0.15) is 11.5 Å². The molecule has 0 aliphatic carbocycles. The fourth-order valence-corrected chi connectivity index (χ4v) is 3.68. The van der Waals surface area contributed by atoms with Crippen molar-refractivity contribution in [3.8, 4) is 11.5 Å². The molecule has 0 N–H and O–H groups in total. The van der Waals surface area contributed by atoms with Crippen LogP contribution in [0.3, 0.4) is 0 Å². The van der Waals surface area contributed by atoms with Crippen LogP contribution in [-0.2, 0) is 6.42 Å². The van der Waals surface area contributed by atoms with Crippen LogP contribution in [0.25, 0.3) is 0 Å². The summed E-state index contributed by atoms with van der Waals surface area (Å²) in [6, 6.07) is 11.4. The van der Waals surface area contributed by atoms with Crippen LogP contribution in [0, 0.1) is 0 Å². The summed E-state index contributed by atoms with van der Waals surface area (Å²) in [5.74, 6) is 1.58. The number of hydrogen-bond acceptors (Lipinski definition) is 3. The second kappa shape index (κ2) is 6.85. The third-order valence-corrected chi connectivity index (χ3v) is 4.99. The first-order chi connectivity index (χ1) is 11.5. The van der Waals surface area contributed by atoms with Gasteiger partial charge >= 0.3 is 0 Å². The van der Waals surface area contributed by atoms with Crippen molar-refractivity contribution in [1.82, 2.24) is 4.90 Å². The molecular formula is C19H20BrNO3. The molecule has 0 saturated heterocycles. The number of nitrogens with zero attached hydrogens (tertiary/aromatic N) is 1. The van der Waals surface area contributed by atoms with Crippen LogP contribution in [0.5, 0.6) is 11.5 Å². The summed E-state index contributed by atoms with van der Waals surface area (Å²) in [6.45, 7) is 2.72. The highest BCUT2D eigenvalue weighted by Crippen LogP contribution is 2.39. The number of methoxy groups -OCH3 is 2. The van der Waals surface area contributed by atoms with Gasteiger partial charge in [-0.2, -0.15) is 0 Å². The predicted octanol–water partition coefficient (Wildman–Crippen LogP) is 4.23. The van der Waals surface area contributed by atoms with E-state index in [0.29, 0.717) is 12.1 Å². The Morgan fingerprint density at radius 3 is 2.67 bits per heavy atom. The third-order valence-electron chi connectivity index (χ3n) is 4.50. The lowest BCUT2D eigenvalue weighted by molar-refractivity contribution is 0.0675. The average Bonchev–Trinajstić information content (AvgIpc) is 2.60. The summed E-state index contributed by atoms with van der Waals surface area (Å²) in [6.07, 6.45) is 0.785. The lowest BCUT2D eigenvalue weighted by atomic mass is 9.91. The number of halogens is 1. The molecule has 1 heterocycles. The molecule has 126 valence electrons. The number of fused-ring (bicyclic) bond motifs is 1. The van der Waals surface area contributed by atoms with Crippen LogP contribution in [0.1, 0.15) is 34.5 Å². The van der Waals surface area contributed by atoms with E-state index in [0.717, 1.165) is 28.0 Å². The number of ether oxygens (including phenoxy) is 2. The molecule has 1 atom stereocenters. The van der Waals surface area contributed by atoms with Gasteiger partial charge < -0.3 is 14.4 Å². The van der Waals surface area contributed by atoms with Crippen molar-refractivity contribution in [2.45, 2.75) is 19.4 Å². The molecule has 4 nitrogen and oxygen atoms in total. The molecule has 1 aliphatic heterocycles. The molecule has 0 radical (unpaired) electrons. The Hall–Kier alpha value is -2.01. The Bertz CT molecular complexity index is 758. The van der Waals surface area contributed by atoms with Crippen molar-refractivity contribution >= 4 is 21.8 Å². The van der Waals surface area contributed by atoms with Gasteiger partial charge in [-0.1, -0.05) is 22.0 Å². The van der Waals surface area contributed by atoms with Crippen LogP contribution in [-0.4, -0.2) is 31.6 Å². The van der Waals surface area contributed by atoms with E-state index in [2.05, 4.69) is 15.9 Å². The number of rotatable bonds is 3. The number of benzene rings is 2. The van der Waals surface area contributed by atoms with E-state index in [1.165, 1.54) is 5.56 Å². The molecule has 1 aliphatic rings. The van der Waals surface area contributed by atoms with E-state index in [4.69, 9.17) is 9.47 Å². The Balaban J connectivity index is 1.97. The molecule has 1 unspecified atom stereocenters. The van der Waals surface area contributed by atoms with Gasteiger partial charge in [0.05, 0.1) is 20.3 Å².